The number of amides is 2. The standard InChI is InChI=1S/C10H18N2O4/c1-7(2)9(10(15)16)12-8(14)4-3-5-11-6-13/h6-7,9H,3-5H2,1-2H3,(H,11,13)(H,12,14)(H,15,16). The van der Waals surface area contributed by atoms with E-state index >= 15 is 0 Å². The third-order valence-corrected chi connectivity index (χ3v) is 2.06. The summed E-state index contributed by atoms with van der Waals surface area (Å²) in [6.07, 6.45) is 1.26. The summed E-state index contributed by atoms with van der Waals surface area (Å²) < 4.78 is 0. The van der Waals surface area contributed by atoms with Crippen molar-refractivity contribution >= 4 is 18.3 Å². The van der Waals surface area contributed by atoms with E-state index in [2.05, 4.69) is 10.6 Å². The quantitative estimate of drug-likeness (QED) is 0.395. The van der Waals surface area contributed by atoms with E-state index in [0.717, 1.165) is 0 Å². The van der Waals surface area contributed by atoms with Crippen LogP contribution < -0.4 is 10.6 Å². The number of rotatable bonds is 8. The van der Waals surface area contributed by atoms with E-state index < -0.39 is 12.0 Å². The molecule has 92 valence electrons. The Labute approximate surface area is 94.4 Å². The van der Waals surface area contributed by atoms with Crippen LogP contribution in [0.1, 0.15) is 26.7 Å². The number of hydrogen-bond acceptors (Lipinski definition) is 3. The van der Waals surface area contributed by atoms with Gasteiger partial charge in [-0.15, -0.1) is 0 Å². The molecule has 0 bridgehead atoms. The van der Waals surface area contributed by atoms with E-state index in [-0.39, 0.29) is 18.2 Å². The fourth-order valence-corrected chi connectivity index (χ4v) is 1.17. The number of nitrogens with one attached hydrogen (secondary N) is 2. The van der Waals surface area contributed by atoms with Gasteiger partial charge in [0, 0.05) is 13.0 Å². The first-order valence-electron chi connectivity index (χ1n) is 5.18. The van der Waals surface area contributed by atoms with E-state index in [9.17, 15) is 14.4 Å². The molecule has 0 fully saturated rings. The molecule has 0 heterocycles. The molecule has 0 spiro atoms. The molecule has 1 atom stereocenters. The number of carbonyl (C=O) groups excluding carboxylic acids is 2. The second-order valence-corrected chi connectivity index (χ2v) is 3.80. The molecule has 0 rings (SSSR count). The van der Waals surface area contributed by atoms with Gasteiger partial charge in [0.25, 0.3) is 0 Å². The highest BCUT2D eigenvalue weighted by Crippen LogP contribution is 2.02. The molecule has 0 aromatic carbocycles. The van der Waals surface area contributed by atoms with Crippen LogP contribution in [0.15, 0.2) is 0 Å². The van der Waals surface area contributed by atoms with Gasteiger partial charge in [0.1, 0.15) is 6.04 Å². The van der Waals surface area contributed by atoms with Crippen molar-refractivity contribution in [1.82, 2.24) is 10.6 Å². The summed E-state index contributed by atoms with van der Waals surface area (Å²) in [5.74, 6) is -1.50. The Kier molecular flexibility index (Phi) is 6.91. The molecular weight excluding hydrogens is 212 g/mol. The zero-order valence-corrected chi connectivity index (χ0v) is 9.53. The van der Waals surface area contributed by atoms with Crippen LogP contribution in [0.25, 0.3) is 0 Å². The first-order valence-corrected chi connectivity index (χ1v) is 5.18. The normalized spacial score (nSPS) is 11.9. The third-order valence-electron chi connectivity index (χ3n) is 2.06. The lowest BCUT2D eigenvalue weighted by atomic mass is 10.0. The second-order valence-electron chi connectivity index (χ2n) is 3.80. The van der Waals surface area contributed by atoms with Gasteiger partial charge in [-0.3, -0.25) is 9.59 Å². The van der Waals surface area contributed by atoms with Crippen molar-refractivity contribution in [2.45, 2.75) is 32.7 Å². The van der Waals surface area contributed by atoms with Gasteiger partial charge >= 0.3 is 5.97 Å². The SMILES string of the molecule is CC(C)C(NC(=O)CCCNC=O)C(=O)O. The lowest BCUT2D eigenvalue weighted by Crippen LogP contribution is -2.44. The molecule has 6 nitrogen and oxygen atoms in total. The molecule has 0 aromatic heterocycles. The Balaban J connectivity index is 3.91. The molecule has 0 radical (unpaired) electrons. The molecule has 6 heteroatoms. The molecule has 2 amide bonds. The molecule has 1 unspecified atom stereocenters. The van der Waals surface area contributed by atoms with Gasteiger partial charge in [-0.05, 0) is 12.3 Å². The maximum Gasteiger partial charge on any atom is 0.326 e. The van der Waals surface area contributed by atoms with Crippen LogP contribution in [0.2, 0.25) is 0 Å². The van der Waals surface area contributed by atoms with Crippen molar-refractivity contribution in [2.24, 2.45) is 5.92 Å². The van der Waals surface area contributed by atoms with E-state index in [0.29, 0.717) is 19.4 Å². The summed E-state index contributed by atoms with van der Waals surface area (Å²) in [6.45, 7) is 3.87. The molecule has 0 saturated heterocycles. The summed E-state index contributed by atoms with van der Waals surface area (Å²) in [4.78, 5) is 32.0. The molecule has 0 aromatic rings. The smallest absolute Gasteiger partial charge is 0.326 e. The van der Waals surface area contributed by atoms with Gasteiger partial charge in [0.05, 0.1) is 0 Å². The van der Waals surface area contributed by atoms with Crippen molar-refractivity contribution in [3.05, 3.63) is 0 Å². The Morgan fingerprint density at radius 1 is 1.38 bits per heavy atom. The minimum Gasteiger partial charge on any atom is -0.480 e. The first kappa shape index (κ1) is 14.4. The Morgan fingerprint density at radius 2 is 2.00 bits per heavy atom. The highest BCUT2D eigenvalue weighted by molar-refractivity contribution is 5.83. The average molecular weight is 230 g/mol. The lowest BCUT2D eigenvalue weighted by Gasteiger charge is -2.17. The zero-order valence-electron chi connectivity index (χ0n) is 9.53. The van der Waals surface area contributed by atoms with Crippen molar-refractivity contribution in [3.8, 4) is 0 Å². The summed E-state index contributed by atoms with van der Waals surface area (Å²) in [5, 5.41) is 13.7. The fourth-order valence-electron chi connectivity index (χ4n) is 1.17. The Hall–Kier alpha value is -1.59. The summed E-state index contributed by atoms with van der Waals surface area (Å²) in [5.41, 5.74) is 0. The summed E-state index contributed by atoms with van der Waals surface area (Å²) in [6, 6.07) is -0.855. The minimum absolute atomic E-state index is 0.158. The Bertz CT molecular complexity index is 253. The largest absolute Gasteiger partial charge is 0.480 e. The van der Waals surface area contributed by atoms with Crippen molar-refractivity contribution < 1.29 is 19.5 Å². The molecule has 3 N–H and O–H groups in total. The van der Waals surface area contributed by atoms with E-state index in [1.54, 1.807) is 13.8 Å². The maximum absolute atomic E-state index is 11.3. The average Bonchev–Trinajstić information content (AvgIpc) is 2.20. The van der Waals surface area contributed by atoms with Crippen LogP contribution in [0.3, 0.4) is 0 Å². The van der Waals surface area contributed by atoms with Crippen LogP contribution in [0.4, 0.5) is 0 Å². The predicted octanol–water partition coefficient (Wildman–Crippen LogP) is -0.262. The molecule has 0 aliphatic carbocycles. The molecular formula is C10H18N2O4. The zero-order chi connectivity index (χ0) is 12.6. The lowest BCUT2D eigenvalue weighted by molar-refractivity contribution is -0.143. The number of carboxylic acid groups (broad SMARTS) is 1. The minimum atomic E-state index is -1.03. The highest BCUT2D eigenvalue weighted by atomic mass is 16.4. The molecule has 0 saturated carbocycles. The van der Waals surface area contributed by atoms with Crippen LogP contribution in [0, 0.1) is 5.92 Å². The van der Waals surface area contributed by atoms with Crippen molar-refractivity contribution in [3.63, 3.8) is 0 Å². The van der Waals surface area contributed by atoms with Crippen LogP contribution in [0.5, 0.6) is 0 Å². The number of carbonyl (C=O) groups is 3. The molecule has 0 aliphatic heterocycles. The van der Waals surface area contributed by atoms with Gasteiger partial charge < -0.3 is 15.7 Å². The van der Waals surface area contributed by atoms with Gasteiger partial charge in [0.15, 0.2) is 0 Å². The van der Waals surface area contributed by atoms with Crippen molar-refractivity contribution in [1.29, 1.82) is 0 Å². The van der Waals surface area contributed by atoms with Crippen molar-refractivity contribution in [2.75, 3.05) is 6.54 Å². The number of aliphatic carboxylic acids is 1. The van der Waals surface area contributed by atoms with E-state index in [4.69, 9.17) is 5.11 Å². The van der Waals surface area contributed by atoms with Crippen LogP contribution >= 0.6 is 0 Å². The van der Waals surface area contributed by atoms with E-state index in [1.807, 2.05) is 0 Å². The van der Waals surface area contributed by atoms with Gasteiger partial charge in [-0.1, -0.05) is 13.8 Å². The van der Waals surface area contributed by atoms with Crippen LogP contribution in [-0.2, 0) is 14.4 Å². The summed E-state index contributed by atoms with van der Waals surface area (Å²) >= 11 is 0. The van der Waals surface area contributed by atoms with Gasteiger partial charge in [-0.2, -0.15) is 0 Å². The maximum atomic E-state index is 11.3. The first-order chi connectivity index (χ1) is 7.49. The number of carboxylic acids is 1. The Morgan fingerprint density at radius 3 is 2.44 bits per heavy atom. The summed E-state index contributed by atoms with van der Waals surface area (Å²) in [7, 11) is 0. The fraction of sp³-hybridized carbons (Fsp3) is 0.700. The van der Waals surface area contributed by atoms with E-state index in [1.165, 1.54) is 0 Å². The van der Waals surface area contributed by atoms with Crippen LogP contribution in [-0.4, -0.2) is 36.0 Å². The number of hydrogen-bond donors (Lipinski definition) is 3. The molecule has 16 heavy (non-hydrogen) atoms. The van der Waals surface area contributed by atoms with Gasteiger partial charge in [0.2, 0.25) is 12.3 Å². The monoisotopic (exact) mass is 230 g/mol. The van der Waals surface area contributed by atoms with Gasteiger partial charge in [-0.25, -0.2) is 4.79 Å². The predicted molar refractivity (Wildman–Crippen MR) is 57.7 cm³/mol. The third kappa shape index (κ3) is 6.00. The highest BCUT2D eigenvalue weighted by Gasteiger charge is 2.22. The second kappa shape index (κ2) is 7.67. The molecule has 0 aliphatic rings. The topological polar surface area (TPSA) is 95.5 Å².